The summed E-state index contributed by atoms with van der Waals surface area (Å²) in [6.45, 7) is 4.51. The molecular weight excluding hydrogens is 409 g/mol. The molecule has 0 bridgehead atoms. The zero-order chi connectivity index (χ0) is 22.7. The number of benzene rings is 1. The monoisotopic (exact) mass is 431 g/mol. The number of ether oxygens (including phenoxy) is 1. The van der Waals surface area contributed by atoms with E-state index in [0.29, 0.717) is 23.3 Å². The van der Waals surface area contributed by atoms with Gasteiger partial charge in [0, 0.05) is 41.4 Å². The maximum atomic E-state index is 14.3. The number of nitrogens with zero attached hydrogens (tertiary/aromatic N) is 4. The van der Waals surface area contributed by atoms with Gasteiger partial charge >= 0.3 is 5.97 Å². The van der Waals surface area contributed by atoms with Gasteiger partial charge in [-0.2, -0.15) is 0 Å². The van der Waals surface area contributed by atoms with Gasteiger partial charge in [0.2, 0.25) is 0 Å². The third-order valence-corrected chi connectivity index (χ3v) is 5.27. The first-order valence-corrected chi connectivity index (χ1v) is 10.1. The van der Waals surface area contributed by atoms with E-state index in [4.69, 9.17) is 4.74 Å². The molecule has 0 fully saturated rings. The number of nitrogens with one attached hydrogen (secondary N) is 1. The maximum Gasteiger partial charge on any atom is 0.341 e. The van der Waals surface area contributed by atoms with Gasteiger partial charge in [0.15, 0.2) is 5.82 Å². The van der Waals surface area contributed by atoms with Crippen molar-refractivity contribution in [1.82, 2.24) is 19.9 Å². The van der Waals surface area contributed by atoms with Crippen molar-refractivity contribution >= 4 is 22.7 Å². The lowest BCUT2D eigenvalue weighted by molar-refractivity contribution is 0.0598. The van der Waals surface area contributed by atoms with Crippen LogP contribution in [-0.2, 0) is 4.74 Å². The van der Waals surface area contributed by atoms with E-state index in [9.17, 15) is 9.18 Å². The number of carbonyl (C=O) groups excluding carboxylic acids is 1. The lowest BCUT2D eigenvalue weighted by Gasteiger charge is -2.16. The van der Waals surface area contributed by atoms with Crippen LogP contribution in [-0.4, -0.2) is 39.6 Å². The van der Waals surface area contributed by atoms with Crippen LogP contribution in [0.25, 0.3) is 22.2 Å². The van der Waals surface area contributed by atoms with Gasteiger partial charge in [0.1, 0.15) is 17.7 Å². The topological polar surface area (TPSA) is 89.9 Å². The van der Waals surface area contributed by atoms with Crippen molar-refractivity contribution in [2.45, 2.75) is 19.8 Å². The van der Waals surface area contributed by atoms with Crippen molar-refractivity contribution < 1.29 is 13.9 Å². The first-order valence-electron chi connectivity index (χ1n) is 10.1. The number of aryl methyl sites for hydroxylation is 1. The number of fused-ring (bicyclic) bond motifs is 1. The fourth-order valence-electron chi connectivity index (χ4n) is 3.53. The second-order valence-corrected chi connectivity index (χ2v) is 7.47. The highest BCUT2D eigenvalue weighted by molar-refractivity contribution is 6.04. The van der Waals surface area contributed by atoms with Crippen LogP contribution in [0.4, 0.5) is 10.2 Å². The van der Waals surface area contributed by atoms with Gasteiger partial charge < -0.3 is 10.1 Å². The highest BCUT2D eigenvalue weighted by Crippen LogP contribution is 2.28. The minimum atomic E-state index is -0.725. The summed E-state index contributed by atoms with van der Waals surface area (Å²) >= 11 is 0. The molecule has 1 aromatic carbocycles. The number of hydrogen-bond acceptors (Lipinski definition) is 7. The number of halogens is 1. The predicted molar refractivity (Wildman–Crippen MR) is 120 cm³/mol. The van der Waals surface area contributed by atoms with Crippen LogP contribution in [0.3, 0.4) is 0 Å². The summed E-state index contributed by atoms with van der Waals surface area (Å²) in [7, 11) is 1.23. The van der Waals surface area contributed by atoms with E-state index in [-0.39, 0.29) is 11.5 Å². The number of methoxy groups -OCH3 is 1. The number of carbonyl (C=O) groups is 1. The van der Waals surface area contributed by atoms with Gasteiger partial charge in [-0.1, -0.05) is 25.1 Å². The van der Waals surface area contributed by atoms with E-state index in [1.807, 2.05) is 38.1 Å². The molecule has 0 aliphatic carbocycles. The van der Waals surface area contributed by atoms with Crippen molar-refractivity contribution in [2.75, 3.05) is 19.0 Å². The largest absolute Gasteiger partial charge is 0.465 e. The Morgan fingerprint density at radius 2 is 1.97 bits per heavy atom. The molecule has 0 amide bonds. The Hall–Kier alpha value is -3.94. The van der Waals surface area contributed by atoms with Crippen LogP contribution in [0.1, 0.15) is 34.5 Å². The van der Waals surface area contributed by atoms with Gasteiger partial charge in [-0.25, -0.2) is 19.2 Å². The Labute approximate surface area is 184 Å². The molecule has 0 spiro atoms. The summed E-state index contributed by atoms with van der Waals surface area (Å²) in [4.78, 5) is 29.3. The van der Waals surface area contributed by atoms with Gasteiger partial charge in [-0.15, -0.1) is 0 Å². The summed E-state index contributed by atoms with van der Waals surface area (Å²) in [5.74, 6) is -0.748. The summed E-state index contributed by atoms with van der Waals surface area (Å²) in [5, 5.41) is 3.75. The van der Waals surface area contributed by atoms with Crippen LogP contribution in [0.5, 0.6) is 0 Å². The molecule has 162 valence electrons. The minimum Gasteiger partial charge on any atom is -0.465 e. The van der Waals surface area contributed by atoms with Crippen LogP contribution >= 0.6 is 0 Å². The highest BCUT2D eigenvalue weighted by Gasteiger charge is 2.20. The number of aromatic nitrogens is 4. The standard InChI is InChI=1S/C24H22FN5O2/c1-14(10-27-21-9-20(29-13-30-21)16-8-7-15(2)26-11-16)17-5-4-6-18-22(24(31)32-3)19(25)12-28-23(17)18/h4-9,11-14H,10H2,1-3H3,(H,27,29,30). The molecule has 0 radical (unpaired) electrons. The summed E-state index contributed by atoms with van der Waals surface area (Å²) in [6, 6.07) is 11.2. The Morgan fingerprint density at radius 1 is 1.12 bits per heavy atom. The van der Waals surface area contributed by atoms with Crippen molar-refractivity contribution in [3.05, 3.63) is 77.8 Å². The highest BCUT2D eigenvalue weighted by atomic mass is 19.1. The van der Waals surface area contributed by atoms with Crippen LogP contribution in [0.15, 0.2) is 55.1 Å². The van der Waals surface area contributed by atoms with Crippen LogP contribution in [0.2, 0.25) is 0 Å². The van der Waals surface area contributed by atoms with Crippen LogP contribution < -0.4 is 5.32 Å². The van der Waals surface area contributed by atoms with E-state index in [1.54, 1.807) is 18.3 Å². The number of para-hydroxylation sites is 1. The first kappa shape index (κ1) is 21.3. The minimum absolute atomic E-state index is 0.00150. The third kappa shape index (κ3) is 4.25. The predicted octanol–water partition coefficient (Wildman–Crippen LogP) is 4.54. The van der Waals surface area contributed by atoms with Gasteiger partial charge in [-0.3, -0.25) is 9.97 Å². The Bertz CT molecular complexity index is 1280. The molecule has 0 aliphatic heterocycles. The fourth-order valence-corrected chi connectivity index (χ4v) is 3.53. The molecule has 0 saturated carbocycles. The zero-order valence-corrected chi connectivity index (χ0v) is 18.0. The lowest BCUT2D eigenvalue weighted by Crippen LogP contribution is -2.13. The van der Waals surface area contributed by atoms with Gasteiger partial charge in [0.25, 0.3) is 0 Å². The Kier molecular flexibility index (Phi) is 6.02. The molecule has 3 aromatic heterocycles. The van der Waals surface area contributed by atoms with Crippen molar-refractivity contribution in [1.29, 1.82) is 0 Å². The number of hydrogen-bond donors (Lipinski definition) is 1. The quantitative estimate of drug-likeness (QED) is 0.448. The lowest BCUT2D eigenvalue weighted by atomic mass is 9.96. The summed E-state index contributed by atoms with van der Waals surface area (Å²) < 4.78 is 19.0. The summed E-state index contributed by atoms with van der Waals surface area (Å²) in [5.41, 5.74) is 3.97. The van der Waals surface area contributed by atoms with Crippen molar-refractivity contribution in [3.8, 4) is 11.3 Å². The van der Waals surface area contributed by atoms with Gasteiger partial charge in [0.05, 0.1) is 24.5 Å². The zero-order valence-electron chi connectivity index (χ0n) is 18.0. The van der Waals surface area contributed by atoms with Crippen molar-refractivity contribution in [3.63, 3.8) is 0 Å². The first-order chi connectivity index (χ1) is 15.5. The molecule has 4 aromatic rings. The molecule has 4 rings (SSSR count). The Balaban J connectivity index is 1.57. The molecular formula is C24H22FN5O2. The van der Waals surface area contributed by atoms with E-state index in [1.165, 1.54) is 13.4 Å². The maximum absolute atomic E-state index is 14.3. The second-order valence-electron chi connectivity index (χ2n) is 7.47. The normalized spacial score (nSPS) is 11.9. The molecule has 3 heterocycles. The molecule has 32 heavy (non-hydrogen) atoms. The molecule has 1 unspecified atom stereocenters. The SMILES string of the molecule is COC(=O)c1c(F)cnc2c(C(C)CNc3cc(-c4ccc(C)nc4)ncn3)cccc12. The molecule has 1 N–H and O–H groups in total. The van der Waals surface area contributed by atoms with Crippen molar-refractivity contribution in [2.24, 2.45) is 0 Å². The average Bonchev–Trinajstić information content (AvgIpc) is 2.82. The van der Waals surface area contributed by atoms with E-state index < -0.39 is 11.8 Å². The fraction of sp³-hybridized carbons (Fsp3) is 0.208. The third-order valence-electron chi connectivity index (χ3n) is 5.27. The van der Waals surface area contributed by atoms with E-state index in [2.05, 4.69) is 25.3 Å². The molecule has 0 aliphatic rings. The summed E-state index contributed by atoms with van der Waals surface area (Å²) in [6.07, 6.45) is 4.35. The smallest absolute Gasteiger partial charge is 0.341 e. The second kappa shape index (κ2) is 9.05. The number of anilines is 1. The molecule has 0 saturated heterocycles. The molecule has 8 heteroatoms. The number of rotatable bonds is 6. The molecule has 1 atom stereocenters. The number of pyridine rings is 2. The van der Waals surface area contributed by atoms with E-state index >= 15 is 0 Å². The van der Waals surface area contributed by atoms with Gasteiger partial charge in [-0.05, 0) is 24.6 Å². The molecule has 7 nitrogen and oxygen atoms in total. The number of esters is 1. The van der Waals surface area contributed by atoms with Crippen LogP contribution in [0, 0.1) is 12.7 Å². The van der Waals surface area contributed by atoms with E-state index in [0.717, 1.165) is 28.7 Å². The average molecular weight is 431 g/mol. The Morgan fingerprint density at radius 3 is 2.72 bits per heavy atom.